The maximum atomic E-state index is 11.4. The van der Waals surface area contributed by atoms with Crippen molar-refractivity contribution in [3.63, 3.8) is 0 Å². The Kier molecular flexibility index (Phi) is 4.44. The Morgan fingerprint density at radius 1 is 1.57 bits per heavy atom. The van der Waals surface area contributed by atoms with Gasteiger partial charge in [-0.15, -0.1) is 0 Å². The van der Waals surface area contributed by atoms with Gasteiger partial charge in [0.25, 0.3) is 0 Å². The molecule has 2 rings (SSSR count). The molecule has 0 bridgehead atoms. The summed E-state index contributed by atoms with van der Waals surface area (Å²) in [7, 11) is 4.95. The molecule has 0 aliphatic rings. The molecular weight excluding hydrogens is 304 g/mol. The number of nitrogens with zero attached hydrogens (tertiary/aromatic N) is 5. The lowest BCUT2D eigenvalue weighted by Gasteiger charge is -2.20. The maximum absolute atomic E-state index is 11.4. The van der Waals surface area contributed by atoms with Crippen LogP contribution in [0.15, 0.2) is 18.5 Å². The second-order valence-electron chi connectivity index (χ2n) is 4.85. The lowest BCUT2D eigenvalue weighted by atomic mass is 10.2. The number of hydrogen-bond donors (Lipinski definition) is 2. The minimum atomic E-state index is -1.29. The highest BCUT2D eigenvalue weighted by molar-refractivity contribution is 5.95. The standard InChI is InChI=1S/C13H16N6O4/c1-14-11-9(19(22)23)6-8(13(20)21)12(16-11)18(3)7-10-15-4-5-17(10)2/h4-6H,7H2,1-3H3,(H,14,16)(H,20,21). The van der Waals surface area contributed by atoms with Crippen LogP contribution in [-0.2, 0) is 13.6 Å². The van der Waals surface area contributed by atoms with Gasteiger partial charge in [0.2, 0.25) is 5.82 Å². The number of aryl methyl sites for hydroxylation is 1. The summed E-state index contributed by atoms with van der Waals surface area (Å²) in [4.78, 5) is 31.7. The molecule has 0 atom stereocenters. The molecule has 10 nitrogen and oxygen atoms in total. The molecule has 23 heavy (non-hydrogen) atoms. The molecule has 10 heteroatoms. The van der Waals surface area contributed by atoms with Crippen LogP contribution >= 0.6 is 0 Å². The molecule has 0 spiro atoms. The van der Waals surface area contributed by atoms with E-state index in [0.717, 1.165) is 6.07 Å². The van der Waals surface area contributed by atoms with Gasteiger partial charge in [-0.2, -0.15) is 0 Å². The summed E-state index contributed by atoms with van der Waals surface area (Å²) >= 11 is 0. The molecule has 0 saturated carbocycles. The van der Waals surface area contributed by atoms with Gasteiger partial charge in [0.15, 0.2) is 0 Å². The lowest BCUT2D eigenvalue weighted by Crippen LogP contribution is -2.23. The summed E-state index contributed by atoms with van der Waals surface area (Å²) in [5, 5.41) is 23.0. The molecule has 2 heterocycles. The van der Waals surface area contributed by atoms with Crippen molar-refractivity contribution in [1.29, 1.82) is 0 Å². The van der Waals surface area contributed by atoms with Crippen LogP contribution in [-0.4, -0.2) is 44.6 Å². The van der Waals surface area contributed by atoms with Gasteiger partial charge in [-0.05, 0) is 0 Å². The van der Waals surface area contributed by atoms with Crippen molar-refractivity contribution in [2.75, 3.05) is 24.3 Å². The molecule has 0 fully saturated rings. The van der Waals surface area contributed by atoms with E-state index >= 15 is 0 Å². The molecule has 0 aliphatic heterocycles. The number of anilines is 2. The number of carbonyl (C=O) groups is 1. The van der Waals surface area contributed by atoms with Crippen molar-refractivity contribution < 1.29 is 14.8 Å². The molecule has 2 aromatic heterocycles. The SMILES string of the molecule is CNc1nc(N(C)Cc2nccn2C)c(C(=O)O)cc1[N+](=O)[O-]. The molecule has 2 N–H and O–H groups in total. The third-order valence-corrected chi connectivity index (χ3v) is 3.31. The summed E-state index contributed by atoms with van der Waals surface area (Å²) in [5.74, 6) is -0.461. The summed E-state index contributed by atoms with van der Waals surface area (Å²) in [6, 6.07) is 1.01. The first-order valence-corrected chi connectivity index (χ1v) is 6.63. The van der Waals surface area contributed by atoms with Gasteiger partial charge in [0.05, 0.1) is 11.5 Å². The number of rotatable bonds is 6. The van der Waals surface area contributed by atoms with E-state index in [1.807, 2.05) is 7.05 Å². The molecule has 122 valence electrons. The molecule has 0 saturated heterocycles. The van der Waals surface area contributed by atoms with Gasteiger partial charge in [-0.3, -0.25) is 10.1 Å². The summed E-state index contributed by atoms with van der Waals surface area (Å²) in [5.41, 5.74) is -0.633. The van der Waals surface area contributed by atoms with E-state index in [0.29, 0.717) is 12.4 Å². The monoisotopic (exact) mass is 320 g/mol. The highest BCUT2D eigenvalue weighted by atomic mass is 16.6. The number of imidazole rings is 1. The van der Waals surface area contributed by atoms with Crippen molar-refractivity contribution in [2.24, 2.45) is 7.05 Å². The molecule has 0 aromatic carbocycles. The summed E-state index contributed by atoms with van der Waals surface area (Å²) in [6.45, 7) is 0.303. The minimum Gasteiger partial charge on any atom is -0.478 e. The highest BCUT2D eigenvalue weighted by Gasteiger charge is 2.25. The Bertz CT molecular complexity index is 757. The van der Waals surface area contributed by atoms with E-state index < -0.39 is 10.9 Å². The number of pyridine rings is 1. The van der Waals surface area contributed by atoms with Crippen molar-refractivity contribution >= 4 is 23.3 Å². The first-order valence-electron chi connectivity index (χ1n) is 6.63. The number of nitrogens with one attached hydrogen (secondary N) is 1. The van der Waals surface area contributed by atoms with Crippen molar-refractivity contribution in [3.05, 3.63) is 40.0 Å². The van der Waals surface area contributed by atoms with Gasteiger partial charge < -0.3 is 19.9 Å². The van der Waals surface area contributed by atoms with Crippen LogP contribution < -0.4 is 10.2 Å². The first kappa shape index (κ1) is 16.2. The predicted octanol–water partition coefficient (Wildman–Crippen LogP) is 1.10. The second kappa shape index (κ2) is 6.30. The summed E-state index contributed by atoms with van der Waals surface area (Å²) in [6.07, 6.45) is 3.40. The smallest absolute Gasteiger partial charge is 0.339 e. The van der Waals surface area contributed by atoms with Gasteiger partial charge >= 0.3 is 11.7 Å². The highest BCUT2D eigenvalue weighted by Crippen LogP contribution is 2.29. The number of nitro groups is 1. The average molecular weight is 320 g/mol. The van der Waals surface area contributed by atoms with Gasteiger partial charge in [-0.25, -0.2) is 14.8 Å². The second-order valence-corrected chi connectivity index (χ2v) is 4.85. The normalized spacial score (nSPS) is 10.4. The molecule has 0 aliphatic carbocycles. The summed E-state index contributed by atoms with van der Waals surface area (Å²) < 4.78 is 1.79. The van der Waals surface area contributed by atoms with Crippen LogP contribution in [0.4, 0.5) is 17.3 Å². The van der Waals surface area contributed by atoms with Crippen LogP contribution in [0.5, 0.6) is 0 Å². The fourth-order valence-corrected chi connectivity index (χ4v) is 2.10. The number of hydrogen-bond acceptors (Lipinski definition) is 7. The van der Waals surface area contributed by atoms with Crippen LogP contribution in [0.1, 0.15) is 16.2 Å². The van der Waals surface area contributed by atoms with Crippen LogP contribution in [0.3, 0.4) is 0 Å². The van der Waals surface area contributed by atoms with Gasteiger partial charge in [-0.1, -0.05) is 0 Å². The van der Waals surface area contributed by atoms with E-state index in [2.05, 4.69) is 15.3 Å². The number of aromatic nitrogens is 3. The molecule has 0 unspecified atom stereocenters. The zero-order valence-corrected chi connectivity index (χ0v) is 12.8. The van der Waals surface area contributed by atoms with Gasteiger partial charge in [0.1, 0.15) is 17.2 Å². The van der Waals surface area contributed by atoms with Gasteiger partial charge in [0, 0.05) is 39.6 Å². The third kappa shape index (κ3) is 3.20. The zero-order valence-electron chi connectivity index (χ0n) is 12.8. The molecular formula is C13H16N6O4. The fraction of sp³-hybridized carbons (Fsp3) is 0.308. The van der Waals surface area contributed by atoms with E-state index in [-0.39, 0.29) is 22.9 Å². The van der Waals surface area contributed by atoms with Crippen molar-refractivity contribution in [3.8, 4) is 0 Å². The van der Waals surface area contributed by atoms with Crippen LogP contribution in [0, 0.1) is 10.1 Å². The van der Waals surface area contributed by atoms with Crippen molar-refractivity contribution in [1.82, 2.24) is 14.5 Å². The Morgan fingerprint density at radius 3 is 2.74 bits per heavy atom. The maximum Gasteiger partial charge on any atom is 0.339 e. The Hall–Kier alpha value is -3.17. The number of aromatic carboxylic acids is 1. The van der Waals surface area contributed by atoms with E-state index in [1.165, 1.54) is 7.05 Å². The quantitative estimate of drug-likeness (QED) is 0.598. The fourth-order valence-electron chi connectivity index (χ4n) is 2.10. The topological polar surface area (TPSA) is 126 Å². The van der Waals surface area contributed by atoms with E-state index in [1.54, 1.807) is 28.9 Å². The van der Waals surface area contributed by atoms with E-state index in [4.69, 9.17) is 0 Å². The lowest BCUT2D eigenvalue weighted by molar-refractivity contribution is -0.384. The largest absolute Gasteiger partial charge is 0.478 e. The Morgan fingerprint density at radius 2 is 2.26 bits per heavy atom. The number of carboxylic acids is 1. The minimum absolute atomic E-state index is 0.00157. The average Bonchev–Trinajstić information content (AvgIpc) is 2.90. The van der Waals surface area contributed by atoms with E-state index in [9.17, 15) is 20.0 Å². The van der Waals surface area contributed by atoms with Crippen LogP contribution in [0.2, 0.25) is 0 Å². The zero-order chi connectivity index (χ0) is 17.1. The number of carboxylic acid groups (broad SMARTS) is 1. The van der Waals surface area contributed by atoms with Crippen LogP contribution in [0.25, 0.3) is 0 Å². The predicted molar refractivity (Wildman–Crippen MR) is 82.7 cm³/mol. The Balaban J connectivity index is 2.49. The molecule has 0 radical (unpaired) electrons. The van der Waals surface area contributed by atoms with Crippen molar-refractivity contribution in [2.45, 2.75) is 6.54 Å². The Labute approximate surface area is 131 Å². The first-order chi connectivity index (χ1) is 10.8. The molecule has 0 amide bonds. The third-order valence-electron chi connectivity index (χ3n) is 3.31. The molecule has 2 aromatic rings.